The van der Waals surface area contributed by atoms with E-state index in [2.05, 4.69) is 44.1 Å². The van der Waals surface area contributed by atoms with Crippen molar-refractivity contribution in [3.63, 3.8) is 0 Å². The quantitative estimate of drug-likeness (QED) is 0.805. The molecule has 1 fully saturated rings. The minimum atomic E-state index is 0.505. The predicted octanol–water partition coefficient (Wildman–Crippen LogP) is 3.36. The van der Waals surface area contributed by atoms with Gasteiger partial charge in [-0.15, -0.1) is 11.3 Å². The first-order valence-corrected chi connectivity index (χ1v) is 8.64. The Balaban J connectivity index is 1.67. The molecular formula is C16H19N5S. The molecule has 1 saturated heterocycles. The molecule has 0 saturated carbocycles. The van der Waals surface area contributed by atoms with Crippen LogP contribution in [0, 0.1) is 0 Å². The number of nitrogens with one attached hydrogen (secondary N) is 1. The maximum Gasteiger partial charge on any atom is 0.140 e. The van der Waals surface area contributed by atoms with Crippen molar-refractivity contribution in [3.8, 4) is 0 Å². The fourth-order valence-corrected chi connectivity index (χ4v) is 4.17. The molecule has 1 N–H and O–H groups in total. The smallest absolute Gasteiger partial charge is 0.140 e. The molecule has 0 spiro atoms. The van der Waals surface area contributed by atoms with Crippen molar-refractivity contribution in [2.24, 2.45) is 0 Å². The number of H-pyrrole nitrogens is 1. The monoisotopic (exact) mass is 313 g/mol. The van der Waals surface area contributed by atoms with Crippen LogP contribution < -0.4 is 4.90 Å². The number of aromatic nitrogens is 4. The van der Waals surface area contributed by atoms with E-state index in [1.54, 1.807) is 17.7 Å². The average molecular weight is 313 g/mol. The number of nitrogens with zero attached hydrogens (tertiary/aromatic N) is 4. The van der Waals surface area contributed by atoms with Gasteiger partial charge in [-0.2, -0.15) is 5.10 Å². The largest absolute Gasteiger partial charge is 0.355 e. The summed E-state index contributed by atoms with van der Waals surface area (Å²) in [5, 5.41) is 8.42. The molecule has 1 aliphatic rings. The van der Waals surface area contributed by atoms with Gasteiger partial charge in [0.05, 0.1) is 5.39 Å². The Bertz CT molecular complexity index is 764. The van der Waals surface area contributed by atoms with Crippen molar-refractivity contribution in [1.82, 2.24) is 20.2 Å². The average Bonchev–Trinajstić information content (AvgIpc) is 3.23. The van der Waals surface area contributed by atoms with E-state index in [1.807, 2.05) is 6.20 Å². The highest BCUT2D eigenvalue weighted by Gasteiger charge is 2.24. The molecule has 0 radical (unpaired) electrons. The molecule has 6 heteroatoms. The van der Waals surface area contributed by atoms with Gasteiger partial charge in [-0.3, -0.25) is 5.10 Å². The Morgan fingerprint density at radius 3 is 3.18 bits per heavy atom. The van der Waals surface area contributed by atoms with Crippen LogP contribution >= 0.6 is 11.3 Å². The van der Waals surface area contributed by atoms with E-state index >= 15 is 0 Å². The summed E-state index contributed by atoms with van der Waals surface area (Å²) >= 11 is 1.78. The van der Waals surface area contributed by atoms with Crippen LogP contribution in [0.3, 0.4) is 0 Å². The first kappa shape index (κ1) is 13.7. The van der Waals surface area contributed by atoms with Crippen LogP contribution in [0.25, 0.3) is 10.2 Å². The zero-order valence-corrected chi connectivity index (χ0v) is 13.4. The van der Waals surface area contributed by atoms with Gasteiger partial charge >= 0.3 is 0 Å². The van der Waals surface area contributed by atoms with Gasteiger partial charge in [-0.05, 0) is 31.4 Å². The second-order valence-electron chi connectivity index (χ2n) is 5.78. The second-order valence-corrected chi connectivity index (χ2v) is 6.89. The maximum atomic E-state index is 4.59. The zero-order valence-electron chi connectivity index (χ0n) is 12.6. The Kier molecular flexibility index (Phi) is 3.54. The van der Waals surface area contributed by atoms with E-state index in [0.29, 0.717) is 5.92 Å². The van der Waals surface area contributed by atoms with Crippen LogP contribution in [0.2, 0.25) is 0 Å². The van der Waals surface area contributed by atoms with Gasteiger partial charge in [0.15, 0.2) is 0 Å². The van der Waals surface area contributed by atoms with Crippen molar-refractivity contribution in [2.45, 2.75) is 32.1 Å². The molecule has 4 rings (SSSR count). The third-order valence-electron chi connectivity index (χ3n) is 4.39. The molecule has 5 nitrogen and oxygen atoms in total. The highest BCUT2D eigenvalue weighted by Crippen LogP contribution is 2.34. The number of rotatable bonds is 3. The van der Waals surface area contributed by atoms with Gasteiger partial charge in [-0.25, -0.2) is 9.97 Å². The normalized spacial score (nSPS) is 19.0. The van der Waals surface area contributed by atoms with Crippen LogP contribution in [-0.4, -0.2) is 33.3 Å². The lowest BCUT2D eigenvalue weighted by molar-refractivity contribution is 0.499. The Morgan fingerprint density at radius 1 is 1.41 bits per heavy atom. The standard InChI is InChI=1S/C16H19N5S/c1-2-12-8-13-15(17-10-18-16(13)22-12)21-7-3-4-11(9-21)14-5-6-19-20-14/h5-6,8,10-11H,2-4,7,9H2,1H3,(H,19,20)/t11-/m1/s1. The number of fused-ring (bicyclic) bond motifs is 1. The molecule has 3 aromatic heterocycles. The number of anilines is 1. The molecule has 3 aromatic rings. The van der Waals surface area contributed by atoms with Crippen LogP contribution in [-0.2, 0) is 6.42 Å². The molecule has 1 atom stereocenters. The topological polar surface area (TPSA) is 57.7 Å². The summed E-state index contributed by atoms with van der Waals surface area (Å²) in [6.07, 6.45) is 6.98. The number of hydrogen-bond acceptors (Lipinski definition) is 5. The first-order chi connectivity index (χ1) is 10.8. The first-order valence-electron chi connectivity index (χ1n) is 7.82. The summed E-state index contributed by atoms with van der Waals surface area (Å²) in [5.74, 6) is 1.59. The number of hydrogen-bond donors (Lipinski definition) is 1. The summed E-state index contributed by atoms with van der Waals surface area (Å²) in [4.78, 5) is 13.9. The minimum Gasteiger partial charge on any atom is -0.355 e. The van der Waals surface area contributed by atoms with Crippen LogP contribution in [0.15, 0.2) is 24.7 Å². The van der Waals surface area contributed by atoms with Crippen molar-refractivity contribution in [3.05, 3.63) is 35.2 Å². The Hall–Kier alpha value is -1.95. The number of thiophene rings is 1. The second kappa shape index (κ2) is 5.68. The van der Waals surface area contributed by atoms with Gasteiger partial charge in [0, 0.05) is 35.8 Å². The van der Waals surface area contributed by atoms with Crippen molar-refractivity contribution >= 4 is 27.4 Å². The van der Waals surface area contributed by atoms with Crippen molar-refractivity contribution in [2.75, 3.05) is 18.0 Å². The summed E-state index contributed by atoms with van der Waals surface area (Å²) in [6.45, 7) is 4.24. The van der Waals surface area contributed by atoms with Gasteiger partial charge < -0.3 is 4.90 Å². The van der Waals surface area contributed by atoms with E-state index in [4.69, 9.17) is 0 Å². The van der Waals surface area contributed by atoms with E-state index in [9.17, 15) is 0 Å². The lowest BCUT2D eigenvalue weighted by Crippen LogP contribution is -2.35. The predicted molar refractivity (Wildman–Crippen MR) is 89.6 cm³/mol. The maximum absolute atomic E-state index is 4.59. The molecule has 4 heterocycles. The van der Waals surface area contributed by atoms with E-state index in [-0.39, 0.29) is 0 Å². The molecule has 0 aliphatic carbocycles. The van der Waals surface area contributed by atoms with Gasteiger partial charge in [-0.1, -0.05) is 6.92 Å². The lowest BCUT2D eigenvalue weighted by Gasteiger charge is -2.33. The molecule has 22 heavy (non-hydrogen) atoms. The molecule has 1 aliphatic heterocycles. The highest BCUT2D eigenvalue weighted by atomic mass is 32.1. The summed E-state index contributed by atoms with van der Waals surface area (Å²) in [6, 6.07) is 4.35. The van der Waals surface area contributed by atoms with E-state index in [0.717, 1.165) is 30.2 Å². The molecule has 0 amide bonds. The van der Waals surface area contributed by atoms with Crippen LogP contribution in [0.4, 0.5) is 5.82 Å². The van der Waals surface area contributed by atoms with Gasteiger partial charge in [0.25, 0.3) is 0 Å². The summed E-state index contributed by atoms with van der Waals surface area (Å²) in [7, 11) is 0. The summed E-state index contributed by atoms with van der Waals surface area (Å²) < 4.78 is 0. The number of aryl methyl sites for hydroxylation is 1. The van der Waals surface area contributed by atoms with Crippen LogP contribution in [0.5, 0.6) is 0 Å². The van der Waals surface area contributed by atoms with Gasteiger partial charge in [0.2, 0.25) is 0 Å². The fraction of sp³-hybridized carbons (Fsp3) is 0.438. The lowest BCUT2D eigenvalue weighted by atomic mass is 9.95. The third kappa shape index (κ3) is 2.37. The Labute approximate surface area is 133 Å². The molecular weight excluding hydrogens is 294 g/mol. The molecule has 0 aromatic carbocycles. The van der Waals surface area contributed by atoms with Gasteiger partial charge in [0.1, 0.15) is 17.0 Å². The molecule has 0 bridgehead atoms. The number of piperidine rings is 1. The Morgan fingerprint density at radius 2 is 2.36 bits per heavy atom. The fourth-order valence-electron chi connectivity index (χ4n) is 3.24. The highest BCUT2D eigenvalue weighted by molar-refractivity contribution is 7.18. The summed E-state index contributed by atoms with van der Waals surface area (Å²) in [5.41, 5.74) is 1.23. The third-order valence-corrected chi connectivity index (χ3v) is 5.58. The molecule has 0 unspecified atom stereocenters. The van der Waals surface area contributed by atoms with Crippen molar-refractivity contribution in [1.29, 1.82) is 0 Å². The minimum absolute atomic E-state index is 0.505. The number of aromatic amines is 1. The van der Waals surface area contributed by atoms with Crippen LogP contribution in [0.1, 0.15) is 36.3 Å². The van der Waals surface area contributed by atoms with E-state index in [1.165, 1.54) is 28.8 Å². The zero-order chi connectivity index (χ0) is 14.9. The molecule has 114 valence electrons. The van der Waals surface area contributed by atoms with Crippen molar-refractivity contribution < 1.29 is 0 Å². The van der Waals surface area contributed by atoms with E-state index < -0.39 is 0 Å². The SMILES string of the molecule is CCc1cc2c(N3CCC[C@@H](c4ccn[nH]4)C3)ncnc2s1.